The summed E-state index contributed by atoms with van der Waals surface area (Å²) in [7, 11) is 0. The number of rotatable bonds is 4. The van der Waals surface area contributed by atoms with Gasteiger partial charge >= 0.3 is 0 Å². The van der Waals surface area contributed by atoms with Gasteiger partial charge in [0.25, 0.3) is 0 Å². The smallest absolute Gasteiger partial charge is 0.0464 e. The van der Waals surface area contributed by atoms with Gasteiger partial charge in [0.05, 0.1) is 0 Å². The molecule has 94 valence electrons. The second-order valence-corrected chi connectivity index (χ2v) is 5.57. The molecule has 2 heteroatoms. The Morgan fingerprint density at radius 1 is 1.24 bits per heavy atom. The van der Waals surface area contributed by atoms with Crippen molar-refractivity contribution in [3.63, 3.8) is 0 Å². The maximum Gasteiger partial charge on any atom is 0.0464 e. The van der Waals surface area contributed by atoms with Gasteiger partial charge in [-0.25, -0.2) is 0 Å². The van der Waals surface area contributed by atoms with Gasteiger partial charge in [-0.2, -0.15) is 0 Å². The Morgan fingerprint density at radius 2 is 2.00 bits per heavy atom. The van der Waals surface area contributed by atoms with E-state index in [0.717, 1.165) is 13.0 Å². The molecule has 1 aliphatic heterocycles. The minimum atomic E-state index is 0.340. The average molecular weight is 252 g/mol. The molecule has 0 amide bonds. The molecule has 1 aromatic carbocycles. The van der Waals surface area contributed by atoms with Crippen LogP contribution in [0.5, 0.6) is 0 Å². The molecule has 17 heavy (non-hydrogen) atoms. The highest BCUT2D eigenvalue weighted by Crippen LogP contribution is 2.32. The summed E-state index contributed by atoms with van der Waals surface area (Å²) in [6, 6.07) is 11.4. The number of benzene rings is 1. The second-order valence-electron chi connectivity index (χ2n) is 4.95. The van der Waals surface area contributed by atoms with Gasteiger partial charge in [-0.15, -0.1) is 11.6 Å². The zero-order valence-corrected chi connectivity index (χ0v) is 11.4. The number of halogens is 1. The predicted molar refractivity (Wildman–Crippen MR) is 74.5 cm³/mol. The first kappa shape index (κ1) is 12.9. The first-order chi connectivity index (χ1) is 8.31. The molecule has 1 nitrogen and oxygen atoms in total. The number of alkyl halides is 1. The highest BCUT2D eigenvalue weighted by Gasteiger charge is 2.27. The summed E-state index contributed by atoms with van der Waals surface area (Å²) in [5.41, 5.74) is 1.45. The van der Waals surface area contributed by atoms with Crippen molar-refractivity contribution < 1.29 is 0 Å². The van der Waals surface area contributed by atoms with Crippen molar-refractivity contribution in [3.8, 4) is 0 Å². The maximum atomic E-state index is 6.30. The van der Waals surface area contributed by atoms with Gasteiger partial charge in [-0.05, 0) is 31.4 Å². The summed E-state index contributed by atoms with van der Waals surface area (Å²) in [5, 5.41) is 0.340. The van der Waals surface area contributed by atoms with Crippen LogP contribution in [0.15, 0.2) is 30.3 Å². The lowest BCUT2D eigenvalue weighted by Gasteiger charge is -2.38. The summed E-state index contributed by atoms with van der Waals surface area (Å²) in [5.74, 6) is 0. The summed E-state index contributed by atoms with van der Waals surface area (Å²) in [4.78, 5) is 2.57. The van der Waals surface area contributed by atoms with Crippen LogP contribution in [-0.2, 0) is 0 Å². The first-order valence-corrected chi connectivity index (χ1v) is 7.18. The molecule has 2 rings (SSSR count). The number of nitrogens with zero attached hydrogens (tertiary/aromatic N) is 1. The fraction of sp³-hybridized carbons (Fsp3) is 0.600. The summed E-state index contributed by atoms with van der Waals surface area (Å²) in [6.45, 7) is 4.47. The fourth-order valence-electron chi connectivity index (χ4n) is 2.66. The number of likely N-dealkylation sites (tertiary alicyclic amines) is 1. The topological polar surface area (TPSA) is 3.24 Å². The molecule has 1 aromatic rings. The number of hydrogen-bond donors (Lipinski definition) is 0. The summed E-state index contributed by atoms with van der Waals surface area (Å²) >= 11 is 6.30. The van der Waals surface area contributed by atoms with Crippen molar-refractivity contribution in [1.29, 1.82) is 0 Å². The van der Waals surface area contributed by atoms with Crippen molar-refractivity contribution in [2.45, 2.75) is 44.0 Å². The second kappa shape index (κ2) is 6.42. The molecule has 2 atom stereocenters. The molecule has 0 bridgehead atoms. The van der Waals surface area contributed by atoms with E-state index in [1.165, 1.54) is 31.4 Å². The highest BCUT2D eigenvalue weighted by atomic mass is 35.5. The zero-order valence-electron chi connectivity index (χ0n) is 10.6. The minimum Gasteiger partial charge on any atom is -0.295 e. The number of hydrogen-bond acceptors (Lipinski definition) is 1. The van der Waals surface area contributed by atoms with Gasteiger partial charge in [-0.1, -0.05) is 43.7 Å². The van der Waals surface area contributed by atoms with E-state index in [1.54, 1.807) is 0 Å². The van der Waals surface area contributed by atoms with E-state index in [1.807, 2.05) is 0 Å². The molecule has 0 saturated carbocycles. The lowest BCUT2D eigenvalue weighted by Crippen LogP contribution is -2.39. The highest BCUT2D eigenvalue weighted by molar-refractivity contribution is 6.20. The normalized spacial score (nSPS) is 26.0. The Morgan fingerprint density at radius 3 is 2.71 bits per heavy atom. The SMILES string of the molecule is CCCCN1C[C@@H](Cl)CC[C@@H]1c1ccccc1. The van der Waals surface area contributed by atoms with E-state index in [-0.39, 0.29) is 0 Å². The van der Waals surface area contributed by atoms with Crippen LogP contribution in [0, 0.1) is 0 Å². The van der Waals surface area contributed by atoms with E-state index < -0.39 is 0 Å². The fourth-order valence-corrected chi connectivity index (χ4v) is 2.96. The lowest BCUT2D eigenvalue weighted by atomic mass is 9.95. The van der Waals surface area contributed by atoms with E-state index in [2.05, 4.69) is 42.2 Å². The Hall–Kier alpha value is -0.530. The maximum absolute atomic E-state index is 6.30. The number of piperidine rings is 1. The molecule has 0 aromatic heterocycles. The minimum absolute atomic E-state index is 0.340. The molecule has 1 saturated heterocycles. The van der Waals surface area contributed by atoms with Crippen molar-refractivity contribution >= 4 is 11.6 Å². The van der Waals surface area contributed by atoms with Gasteiger partial charge in [0.15, 0.2) is 0 Å². The standard InChI is InChI=1S/C15H22ClN/c1-2-3-11-17-12-14(16)9-10-15(17)13-7-5-4-6-8-13/h4-8,14-15H,2-3,9-12H2,1H3/t14-,15+/m0/s1. The third kappa shape index (κ3) is 3.46. The van der Waals surface area contributed by atoms with Crippen LogP contribution < -0.4 is 0 Å². The Bertz CT molecular complexity index is 325. The predicted octanol–water partition coefficient (Wildman–Crippen LogP) is 4.23. The van der Waals surface area contributed by atoms with Crippen LogP contribution >= 0.6 is 11.6 Å². The van der Waals surface area contributed by atoms with Crippen molar-refractivity contribution in [2.24, 2.45) is 0 Å². The van der Waals surface area contributed by atoms with Gasteiger partial charge in [-0.3, -0.25) is 4.90 Å². The third-order valence-corrected chi connectivity index (χ3v) is 3.97. The monoisotopic (exact) mass is 251 g/mol. The molecule has 0 unspecified atom stereocenters. The first-order valence-electron chi connectivity index (χ1n) is 6.74. The van der Waals surface area contributed by atoms with Crippen LogP contribution in [0.1, 0.15) is 44.2 Å². The van der Waals surface area contributed by atoms with Crippen molar-refractivity contribution in [2.75, 3.05) is 13.1 Å². The molecule has 1 aliphatic rings. The van der Waals surface area contributed by atoms with E-state index in [4.69, 9.17) is 11.6 Å². The molecule has 0 radical (unpaired) electrons. The molecule has 0 aliphatic carbocycles. The number of unbranched alkanes of at least 4 members (excludes halogenated alkanes) is 1. The molecule has 0 N–H and O–H groups in total. The van der Waals surface area contributed by atoms with Gasteiger partial charge < -0.3 is 0 Å². The average Bonchev–Trinajstić information content (AvgIpc) is 2.37. The van der Waals surface area contributed by atoms with E-state index in [0.29, 0.717) is 11.4 Å². The summed E-state index contributed by atoms with van der Waals surface area (Å²) < 4.78 is 0. The Balaban J connectivity index is 2.07. The van der Waals surface area contributed by atoms with Crippen LogP contribution in [0.2, 0.25) is 0 Å². The third-order valence-electron chi connectivity index (χ3n) is 3.61. The largest absolute Gasteiger partial charge is 0.295 e. The van der Waals surface area contributed by atoms with Crippen LogP contribution in [0.4, 0.5) is 0 Å². The lowest BCUT2D eigenvalue weighted by molar-refractivity contribution is 0.149. The van der Waals surface area contributed by atoms with Crippen molar-refractivity contribution in [1.82, 2.24) is 4.90 Å². The van der Waals surface area contributed by atoms with Crippen molar-refractivity contribution in [3.05, 3.63) is 35.9 Å². The molecular weight excluding hydrogens is 230 g/mol. The van der Waals surface area contributed by atoms with Gasteiger partial charge in [0.2, 0.25) is 0 Å². The zero-order chi connectivity index (χ0) is 12.1. The van der Waals surface area contributed by atoms with Crippen LogP contribution in [0.3, 0.4) is 0 Å². The molecular formula is C15H22ClN. The quantitative estimate of drug-likeness (QED) is 0.724. The molecule has 1 heterocycles. The van der Waals surface area contributed by atoms with Gasteiger partial charge in [0, 0.05) is 18.0 Å². The van der Waals surface area contributed by atoms with E-state index >= 15 is 0 Å². The Kier molecular flexibility index (Phi) is 4.87. The van der Waals surface area contributed by atoms with Crippen LogP contribution in [0.25, 0.3) is 0 Å². The molecule has 1 fully saturated rings. The Labute approximate surface area is 110 Å². The molecule has 0 spiro atoms. The van der Waals surface area contributed by atoms with Gasteiger partial charge in [0.1, 0.15) is 0 Å². The summed E-state index contributed by atoms with van der Waals surface area (Å²) in [6.07, 6.45) is 4.86. The van der Waals surface area contributed by atoms with E-state index in [9.17, 15) is 0 Å². The van der Waals surface area contributed by atoms with Crippen LogP contribution in [-0.4, -0.2) is 23.4 Å².